The maximum absolute atomic E-state index is 13.2. The van der Waals surface area contributed by atoms with Crippen LogP contribution >= 0.6 is 11.6 Å². The molecule has 0 saturated heterocycles. The number of halogens is 4. The van der Waals surface area contributed by atoms with E-state index in [1.165, 1.54) is 6.07 Å². The van der Waals surface area contributed by atoms with Crippen molar-refractivity contribution in [3.8, 4) is 0 Å². The first kappa shape index (κ1) is 21.1. The van der Waals surface area contributed by atoms with Crippen LogP contribution in [0.15, 0.2) is 12.1 Å². The molecule has 1 atom stereocenters. The molecule has 24 heavy (non-hydrogen) atoms. The van der Waals surface area contributed by atoms with Crippen LogP contribution in [-0.2, 0) is 10.9 Å². The number of ether oxygens (including phenoxy) is 1. The molecule has 3 nitrogen and oxygen atoms in total. The van der Waals surface area contributed by atoms with Crippen LogP contribution in [0.4, 0.5) is 18.9 Å². The van der Waals surface area contributed by atoms with Gasteiger partial charge >= 0.3 is 6.18 Å². The summed E-state index contributed by atoms with van der Waals surface area (Å²) in [6, 6.07) is 2.04. The second kappa shape index (κ2) is 7.10. The van der Waals surface area contributed by atoms with Gasteiger partial charge in [-0.1, -0.05) is 11.6 Å². The molecule has 0 saturated carbocycles. The minimum absolute atomic E-state index is 0.115. The van der Waals surface area contributed by atoms with E-state index in [1.807, 2.05) is 41.5 Å². The summed E-state index contributed by atoms with van der Waals surface area (Å²) in [7, 11) is 0. The number of anilines is 1. The van der Waals surface area contributed by atoms with Crippen LogP contribution < -0.4 is 11.1 Å². The topological polar surface area (TPSA) is 47.3 Å². The molecule has 7 heteroatoms. The molecule has 0 bridgehead atoms. The number of rotatable bonds is 4. The Bertz CT molecular complexity index is 575. The molecule has 0 radical (unpaired) electrons. The van der Waals surface area contributed by atoms with Crippen LogP contribution in [0.3, 0.4) is 0 Å². The van der Waals surface area contributed by atoms with E-state index < -0.39 is 29.1 Å². The van der Waals surface area contributed by atoms with E-state index in [0.717, 1.165) is 6.07 Å². The maximum atomic E-state index is 13.2. The van der Waals surface area contributed by atoms with Crippen molar-refractivity contribution in [3.05, 3.63) is 28.3 Å². The molecular formula is C17H26ClF3N2O. The summed E-state index contributed by atoms with van der Waals surface area (Å²) >= 11 is 5.94. The Morgan fingerprint density at radius 1 is 1.12 bits per heavy atom. The van der Waals surface area contributed by atoms with Crippen molar-refractivity contribution >= 4 is 17.3 Å². The summed E-state index contributed by atoms with van der Waals surface area (Å²) in [5.74, 6) is 0. The molecule has 0 aliphatic rings. The van der Waals surface area contributed by atoms with Gasteiger partial charge < -0.3 is 15.8 Å². The van der Waals surface area contributed by atoms with Gasteiger partial charge in [-0.25, -0.2) is 0 Å². The molecule has 1 aromatic carbocycles. The van der Waals surface area contributed by atoms with Crippen molar-refractivity contribution in [2.75, 3.05) is 12.3 Å². The zero-order chi connectivity index (χ0) is 18.9. The van der Waals surface area contributed by atoms with E-state index in [2.05, 4.69) is 5.32 Å². The monoisotopic (exact) mass is 366 g/mol. The number of benzene rings is 1. The van der Waals surface area contributed by atoms with Crippen LogP contribution in [0.2, 0.25) is 5.02 Å². The van der Waals surface area contributed by atoms with Crippen LogP contribution in [-0.4, -0.2) is 17.7 Å². The Morgan fingerprint density at radius 3 is 2.08 bits per heavy atom. The Hall–Kier alpha value is -0.980. The van der Waals surface area contributed by atoms with E-state index in [9.17, 15) is 13.2 Å². The summed E-state index contributed by atoms with van der Waals surface area (Å²) in [5.41, 5.74) is 3.77. The van der Waals surface area contributed by atoms with Crippen LogP contribution in [0.5, 0.6) is 0 Å². The fraction of sp³-hybridized carbons (Fsp3) is 0.647. The van der Waals surface area contributed by atoms with Gasteiger partial charge in [0, 0.05) is 5.54 Å². The lowest BCUT2D eigenvalue weighted by Gasteiger charge is -2.32. The minimum Gasteiger partial charge on any atom is -0.397 e. The molecule has 1 rings (SSSR count). The lowest BCUT2D eigenvalue weighted by molar-refractivity contribution is -0.137. The standard InChI is InChI=1S/C17H26ClF3N2O/c1-15(2,3)23-13(9-24-16(4,5)6)10-7-11(17(19,20)21)14(22)12(18)8-10/h7-8,13,23H,9,22H2,1-6H3. The Morgan fingerprint density at radius 2 is 1.67 bits per heavy atom. The van der Waals surface area contributed by atoms with Gasteiger partial charge in [-0.05, 0) is 59.2 Å². The highest BCUT2D eigenvalue weighted by Crippen LogP contribution is 2.39. The predicted molar refractivity (Wildman–Crippen MR) is 92.2 cm³/mol. The van der Waals surface area contributed by atoms with Gasteiger partial charge in [-0.2, -0.15) is 13.2 Å². The van der Waals surface area contributed by atoms with Gasteiger partial charge in [0.1, 0.15) is 0 Å². The second-order valence-corrected chi connectivity index (χ2v) is 8.24. The van der Waals surface area contributed by atoms with Gasteiger partial charge in [0.2, 0.25) is 0 Å². The second-order valence-electron chi connectivity index (χ2n) is 7.83. The highest BCUT2D eigenvalue weighted by molar-refractivity contribution is 6.33. The van der Waals surface area contributed by atoms with Crippen molar-refractivity contribution in [2.24, 2.45) is 0 Å². The molecule has 0 fully saturated rings. The molecule has 0 heterocycles. The molecule has 0 aliphatic carbocycles. The van der Waals surface area contributed by atoms with Crippen LogP contribution in [0.1, 0.15) is 58.7 Å². The summed E-state index contributed by atoms with van der Waals surface area (Å²) < 4.78 is 45.4. The fourth-order valence-corrected chi connectivity index (χ4v) is 2.38. The smallest absolute Gasteiger partial charge is 0.397 e. The van der Waals surface area contributed by atoms with Crippen molar-refractivity contribution in [2.45, 2.75) is 64.9 Å². The zero-order valence-corrected chi connectivity index (χ0v) is 15.7. The van der Waals surface area contributed by atoms with E-state index in [4.69, 9.17) is 22.1 Å². The molecule has 0 aromatic heterocycles. The zero-order valence-electron chi connectivity index (χ0n) is 14.9. The number of nitrogen functional groups attached to an aromatic ring is 1. The summed E-state index contributed by atoms with van der Waals surface area (Å²) in [6.45, 7) is 11.7. The number of hydrogen-bond donors (Lipinski definition) is 2. The normalized spacial score (nSPS) is 14.8. The average Bonchev–Trinajstić information content (AvgIpc) is 2.34. The van der Waals surface area contributed by atoms with Crippen molar-refractivity contribution in [3.63, 3.8) is 0 Å². The third kappa shape index (κ3) is 6.49. The number of nitrogens with one attached hydrogen (secondary N) is 1. The summed E-state index contributed by atoms with van der Waals surface area (Å²) in [6.07, 6.45) is -4.57. The van der Waals surface area contributed by atoms with E-state index in [0.29, 0.717) is 5.56 Å². The van der Waals surface area contributed by atoms with Gasteiger partial charge in [-0.15, -0.1) is 0 Å². The molecule has 0 aliphatic heterocycles. The Kier molecular flexibility index (Phi) is 6.23. The third-order valence-corrected chi connectivity index (χ3v) is 3.46. The van der Waals surface area contributed by atoms with Gasteiger partial charge in [-0.3, -0.25) is 0 Å². The third-order valence-electron chi connectivity index (χ3n) is 3.15. The molecule has 1 aromatic rings. The number of alkyl halides is 3. The van der Waals surface area contributed by atoms with Gasteiger partial charge in [0.25, 0.3) is 0 Å². The largest absolute Gasteiger partial charge is 0.418 e. The maximum Gasteiger partial charge on any atom is 0.418 e. The first-order valence-corrected chi connectivity index (χ1v) is 8.06. The quantitative estimate of drug-likeness (QED) is 0.721. The van der Waals surface area contributed by atoms with Gasteiger partial charge in [0.05, 0.1) is 34.5 Å². The van der Waals surface area contributed by atoms with Crippen molar-refractivity contribution in [1.82, 2.24) is 5.32 Å². The fourth-order valence-electron chi connectivity index (χ4n) is 2.15. The first-order valence-electron chi connectivity index (χ1n) is 7.68. The van der Waals surface area contributed by atoms with Crippen LogP contribution in [0, 0.1) is 0 Å². The van der Waals surface area contributed by atoms with E-state index in [-0.39, 0.29) is 17.2 Å². The molecule has 138 valence electrons. The lowest BCUT2D eigenvalue weighted by Crippen LogP contribution is -2.41. The minimum atomic E-state index is -4.57. The number of hydrogen-bond acceptors (Lipinski definition) is 3. The van der Waals surface area contributed by atoms with E-state index in [1.54, 1.807) is 0 Å². The molecule has 0 spiro atoms. The first-order chi connectivity index (χ1) is 10.6. The molecule has 0 amide bonds. The highest BCUT2D eigenvalue weighted by Gasteiger charge is 2.35. The SMILES string of the molecule is CC(C)(C)NC(COC(C)(C)C)c1cc(Cl)c(N)c(C(F)(F)F)c1. The molecular weight excluding hydrogens is 341 g/mol. The van der Waals surface area contributed by atoms with E-state index >= 15 is 0 Å². The predicted octanol–water partition coefficient (Wildman–Crippen LogP) is 5.19. The molecule has 3 N–H and O–H groups in total. The number of nitrogens with two attached hydrogens (primary N) is 1. The molecule has 1 unspecified atom stereocenters. The highest BCUT2D eigenvalue weighted by atomic mass is 35.5. The van der Waals surface area contributed by atoms with Crippen LogP contribution in [0.25, 0.3) is 0 Å². The lowest BCUT2D eigenvalue weighted by atomic mass is 9.99. The average molecular weight is 367 g/mol. The summed E-state index contributed by atoms with van der Waals surface area (Å²) in [5, 5.41) is 3.16. The summed E-state index contributed by atoms with van der Waals surface area (Å²) in [4.78, 5) is 0. The Labute approximate surface area is 146 Å². The van der Waals surface area contributed by atoms with Crippen molar-refractivity contribution < 1.29 is 17.9 Å². The Balaban J connectivity index is 3.29. The van der Waals surface area contributed by atoms with Crippen molar-refractivity contribution in [1.29, 1.82) is 0 Å². The van der Waals surface area contributed by atoms with Gasteiger partial charge in [0.15, 0.2) is 0 Å².